The number of rotatable bonds is 10. The zero-order valence-corrected chi connectivity index (χ0v) is 20.0. The van der Waals surface area contributed by atoms with Gasteiger partial charge < -0.3 is 5.32 Å². The molecular formula is C23H30N4O2S2. The van der Waals surface area contributed by atoms with Crippen LogP contribution >= 0.6 is 24.0 Å². The highest BCUT2D eigenvalue weighted by atomic mass is 32.2. The highest BCUT2D eigenvalue weighted by Crippen LogP contribution is 2.33. The molecule has 0 spiro atoms. The molecule has 1 N–H and O–H groups in total. The second kappa shape index (κ2) is 10.9. The molecule has 1 fully saturated rings. The molecule has 0 unspecified atom stereocenters. The Morgan fingerprint density at radius 2 is 1.97 bits per heavy atom. The molecule has 166 valence electrons. The zero-order chi connectivity index (χ0) is 22.4. The van der Waals surface area contributed by atoms with Crippen LogP contribution in [0.5, 0.6) is 0 Å². The monoisotopic (exact) mass is 458 g/mol. The van der Waals surface area contributed by atoms with E-state index in [9.17, 15) is 9.59 Å². The molecule has 1 saturated heterocycles. The SMILES string of the molecule is CCCCCCCN1C(=O)C(=Cc2c(NCC(C)C)nc3ccccn3c2=O)SC1=S. The fraction of sp³-hybridized carbons (Fsp3) is 0.478. The van der Waals surface area contributed by atoms with Crippen LogP contribution in [-0.4, -0.2) is 37.6 Å². The Kier molecular flexibility index (Phi) is 8.26. The van der Waals surface area contributed by atoms with Gasteiger partial charge in [-0.1, -0.05) is 76.5 Å². The molecule has 0 bridgehead atoms. The van der Waals surface area contributed by atoms with Crippen LogP contribution in [0.1, 0.15) is 58.4 Å². The van der Waals surface area contributed by atoms with E-state index in [0.29, 0.717) is 45.3 Å². The largest absolute Gasteiger partial charge is 0.369 e. The number of amides is 1. The molecule has 2 aromatic rings. The number of hydrogen-bond donors (Lipinski definition) is 1. The van der Waals surface area contributed by atoms with Gasteiger partial charge in [0, 0.05) is 19.3 Å². The number of thiocarbonyl (C=S) groups is 1. The van der Waals surface area contributed by atoms with Crippen LogP contribution in [-0.2, 0) is 4.79 Å². The third kappa shape index (κ3) is 5.74. The summed E-state index contributed by atoms with van der Waals surface area (Å²) in [6.07, 6.45) is 8.93. The molecule has 3 heterocycles. The smallest absolute Gasteiger partial charge is 0.267 e. The molecular weight excluding hydrogens is 428 g/mol. The molecule has 0 atom stereocenters. The Balaban J connectivity index is 1.89. The van der Waals surface area contributed by atoms with E-state index in [4.69, 9.17) is 12.2 Å². The Labute approximate surface area is 193 Å². The normalized spacial score (nSPS) is 15.6. The first-order chi connectivity index (χ1) is 14.9. The lowest BCUT2D eigenvalue weighted by Crippen LogP contribution is -2.29. The molecule has 0 aromatic carbocycles. The number of carbonyl (C=O) groups excluding carboxylic acids is 1. The Bertz CT molecular complexity index is 1050. The number of nitrogens with zero attached hydrogens (tertiary/aromatic N) is 3. The highest BCUT2D eigenvalue weighted by Gasteiger charge is 2.32. The van der Waals surface area contributed by atoms with Crippen LogP contribution < -0.4 is 10.9 Å². The summed E-state index contributed by atoms with van der Waals surface area (Å²) in [6, 6.07) is 5.43. The number of anilines is 1. The van der Waals surface area contributed by atoms with Crippen LogP contribution in [0.3, 0.4) is 0 Å². The summed E-state index contributed by atoms with van der Waals surface area (Å²) in [5, 5.41) is 3.27. The molecule has 6 nitrogen and oxygen atoms in total. The summed E-state index contributed by atoms with van der Waals surface area (Å²) in [6.45, 7) is 7.66. The molecule has 0 radical (unpaired) electrons. The number of hydrogen-bond acceptors (Lipinski definition) is 6. The average Bonchev–Trinajstić information content (AvgIpc) is 3.01. The van der Waals surface area contributed by atoms with Crippen molar-refractivity contribution in [3.05, 3.63) is 45.2 Å². The van der Waals surface area contributed by atoms with E-state index in [-0.39, 0.29) is 11.5 Å². The van der Waals surface area contributed by atoms with Crippen molar-refractivity contribution >= 4 is 51.7 Å². The molecule has 1 amide bonds. The van der Waals surface area contributed by atoms with Crippen LogP contribution in [0.25, 0.3) is 11.7 Å². The maximum Gasteiger partial charge on any atom is 0.267 e. The molecule has 31 heavy (non-hydrogen) atoms. The molecule has 8 heteroatoms. The third-order valence-corrected chi connectivity index (χ3v) is 6.46. The Hall–Kier alpha value is -2.19. The van der Waals surface area contributed by atoms with Gasteiger partial charge in [0.1, 0.15) is 15.8 Å². The fourth-order valence-corrected chi connectivity index (χ4v) is 4.66. The second-order valence-electron chi connectivity index (χ2n) is 8.13. The standard InChI is InChI=1S/C23H30N4O2S2/c1-4-5-6-7-9-13-27-22(29)18(31-23(27)30)14-17-20(24-15-16(2)3)25-19-11-8-10-12-26(19)21(17)28/h8,10-12,14,16,24H,4-7,9,13,15H2,1-3H3. The van der Waals surface area contributed by atoms with Gasteiger partial charge in [0.15, 0.2) is 0 Å². The maximum absolute atomic E-state index is 13.2. The van der Waals surface area contributed by atoms with Crippen molar-refractivity contribution < 1.29 is 4.79 Å². The van der Waals surface area contributed by atoms with Crippen molar-refractivity contribution in [2.24, 2.45) is 5.92 Å². The third-order valence-electron chi connectivity index (χ3n) is 5.08. The van der Waals surface area contributed by atoms with Crippen LogP contribution in [0, 0.1) is 5.92 Å². The zero-order valence-electron chi connectivity index (χ0n) is 18.4. The number of pyridine rings is 1. The Morgan fingerprint density at radius 3 is 2.71 bits per heavy atom. The summed E-state index contributed by atoms with van der Waals surface area (Å²) in [4.78, 5) is 32.9. The first-order valence-corrected chi connectivity index (χ1v) is 12.2. The lowest BCUT2D eigenvalue weighted by molar-refractivity contribution is -0.122. The minimum Gasteiger partial charge on any atom is -0.369 e. The van der Waals surface area contributed by atoms with Crippen molar-refractivity contribution in [2.75, 3.05) is 18.4 Å². The van der Waals surface area contributed by atoms with E-state index >= 15 is 0 Å². The average molecular weight is 459 g/mol. The van der Waals surface area contributed by atoms with Crippen molar-refractivity contribution in [3.8, 4) is 0 Å². The quantitative estimate of drug-likeness (QED) is 0.309. The van der Waals surface area contributed by atoms with E-state index in [1.165, 1.54) is 35.4 Å². The van der Waals surface area contributed by atoms with E-state index in [1.807, 2.05) is 6.07 Å². The van der Waals surface area contributed by atoms with Crippen LogP contribution in [0.4, 0.5) is 5.82 Å². The van der Waals surface area contributed by atoms with Gasteiger partial charge in [0.25, 0.3) is 11.5 Å². The number of thioether (sulfide) groups is 1. The molecule has 1 aliphatic rings. The van der Waals surface area contributed by atoms with Gasteiger partial charge in [-0.3, -0.25) is 18.9 Å². The number of fused-ring (bicyclic) bond motifs is 1. The first kappa shape index (κ1) is 23.5. The number of nitrogens with one attached hydrogen (secondary N) is 1. The first-order valence-electron chi connectivity index (χ1n) is 10.9. The van der Waals surface area contributed by atoms with Gasteiger partial charge >= 0.3 is 0 Å². The second-order valence-corrected chi connectivity index (χ2v) is 9.81. The topological polar surface area (TPSA) is 66.7 Å². The van der Waals surface area contributed by atoms with E-state index in [1.54, 1.807) is 29.3 Å². The number of carbonyl (C=O) groups is 1. The van der Waals surface area contributed by atoms with Crippen molar-refractivity contribution in [1.29, 1.82) is 0 Å². The summed E-state index contributed by atoms with van der Waals surface area (Å²) in [7, 11) is 0. The van der Waals surface area contributed by atoms with Gasteiger partial charge in [0.05, 0.1) is 10.5 Å². The maximum atomic E-state index is 13.2. The van der Waals surface area contributed by atoms with E-state index < -0.39 is 0 Å². The minimum atomic E-state index is -0.207. The summed E-state index contributed by atoms with van der Waals surface area (Å²) < 4.78 is 2.05. The van der Waals surface area contributed by atoms with Gasteiger partial charge in [-0.05, 0) is 30.5 Å². The van der Waals surface area contributed by atoms with Crippen molar-refractivity contribution in [1.82, 2.24) is 14.3 Å². The molecule has 2 aromatic heterocycles. The molecule has 3 rings (SSSR count). The molecule has 0 saturated carbocycles. The minimum absolute atomic E-state index is 0.127. The lowest BCUT2D eigenvalue weighted by atomic mass is 10.1. The Morgan fingerprint density at radius 1 is 1.19 bits per heavy atom. The molecule has 0 aliphatic carbocycles. The van der Waals surface area contributed by atoms with Crippen LogP contribution in [0.15, 0.2) is 34.1 Å². The summed E-state index contributed by atoms with van der Waals surface area (Å²) in [5.74, 6) is 0.752. The highest BCUT2D eigenvalue weighted by molar-refractivity contribution is 8.26. The van der Waals surface area contributed by atoms with Crippen LogP contribution in [0.2, 0.25) is 0 Å². The van der Waals surface area contributed by atoms with Gasteiger partial charge in [0.2, 0.25) is 0 Å². The lowest BCUT2D eigenvalue weighted by Gasteiger charge is -2.14. The van der Waals surface area contributed by atoms with E-state index in [2.05, 4.69) is 31.1 Å². The van der Waals surface area contributed by atoms with Gasteiger partial charge in [-0.15, -0.1) is 0 Å². The van der Waals surface area contributed by atoms with Crippen molar-refractivity contribution in [3.63, 3.8) is 0 Å². The molecule has 1 aliphatic heterocycles. The summed E-state index contributed by atoms with van der Waals surface area (Å²) in [5.41, 5.74) is 0.741. The number of aromatic nitrogens is 2. The van der Waals surface area contributed by atoms with Crippen molar-refractivity contribution in [2.45, 2.75) is 52.9 Å². The predicted octanol–water partition coefficient (Wildman–Crippen LogP) is 4.93. The summed E-state index contributed by atoms with van der Waals surface area (Å²) >= 11 is 6.71. The number of unbranched alkanes of at least 4 members (excludes halogenated alkanes) is 4. The predicted molar refractivity (Wildman–Crippen MR) is 133 cm³/mol. The van der Waals surface area contributed by atoms with Gasteiger partial charge in [-0.2, -0.15) is 0 Å². The van der Waals surface area contributed by atoms with E-state index in [0.717, 1.165) is 12.8 Å². The fourth-order valence-electron chi connectivity index (χ4n) is 3.37. The van der Waals surface area contributed by atoms with Gasteiger partial charge in [-0.25, -0.2) is 4.98 Å².